The average Bonchev–Trinajstić information content (AvgIpc) is 2.23. The molecule has 98 valence electrons. The summed E-state index contributed by atoms with van der Waals surface area (Å²) in [6.07, 6.45) is -1.45. The molecule has 0 saturated carbocycles. The molecule has 0 aromatic rings. The number of aliphatic hydroxyl groups is 1. The molecule has 1 aliphatic rings. The van der Waals surface area contributed by atoms with Crippen LogP contribution in [0.5, 0.6) is 0 Å². The van der Waals surface area contributed by atoms with Gasteiger partial charge in [0, 0.05) is 26.1 Å². The van der Waals surface area contributed by atoms with E-state index in [1.165, 1.54) is 0 Å². The van der Waals surface area contributed by atoms with Crippen LogP contribution in [-0.4, -0.2) is 60.0 Å². The Morgan fingerprint density at radius 3 is 2.65 bits per heavy atom. The van der Waals surface area contributed by atoms with Gasteiger partial charge in [-0.1, -0.05) is 0 Å². The zero-order valence-corrected chi connectivity index (χ0v) is 9.73. The molecule has 7 nitrogen and oxygen atoms in total. The Balaban J connectivity index is 2.07. The van der Waals surface area contributed by atoms with Gasteiger partial charge in [0.05, 0.1) is 5.60 Å². The van der Waals surface area contributed by atoms with E-state index in [9.17, 15) is 9.59 Å². The van der Waals surface area contributed by atoms with Gasteiger partial charge in [-0.15, -0.1) is 0 Å². The lowest BCUT2D eigenvalue weighted by Gasteiger charge is -2.38. The van der Waals surface area contributed by atoms with Gasteiger partial charge in [-0.2, -0.15) is 0 Å². The molecule has 1 rings (SSSR count). The molecule has 4 N–H and O–H groups in total. The van der Waals surface area contributed by atoms with E-state index in [0.717, 1.165) is 13.1 Å². The van der Waals surface area contributed by atoms with E-state index in [1.807, 2.05) is 6.92 Å². The molecule has 1 heterocycles. The Bertz CT molecular complexity index is 290. The Morgan fingerprint density at radius 1 is 1.53 bits per heavy atom. The first-order valence-corrected chi connectivity index (χ1v) is 5.45. The summed E-state index contributed by atoms with van der Waals surface area (Å²) in [4.78, 5) is 21.6. The van der Waals surface area contributed by atoms with Crippen LogP contribution in [0.4, 0.5) is 0 Å². The summed E-state index contributed by atoms with van der Waals surface area (Å²) >= 11 is 0. The lowest BCUT2D eigenvalue weighted by molar-refractivity contribution is -0.147. The lowest BCUT2D eigenvalue weighted by atomic mass is 10.0. The SMILES string of the molecule is CC1(OCC(=O)NCC[C@H](O)C(=O)O)CNC1. The topological polar surface area (TPSA) is 108 Å². The van der Waals surface area contributed by atoms with Crippen LogP contribution in [-0.2, 0) is 14.3 Å². The third kappa shape index (κ3) is 4.68. The van der Waals surface area contributed by atoms with Crippen LogP contribution in [0.3, 0.4) is 0 Å². The molecule has 1 atom stereocenters. The summed E-state index contributed by atoms with van der Waals surface area (Å²) in [5.41, 5.74) is -0.280. The minimum absolute atomic E-state index is 0.0140. The minimum atomic E-state index is -1.44. The average molecular weight is 246 g/mol. The van der Waals surface area contributed by atoms with Crippen LogP contribution >= 0.6 is 0 Å². The third-order valence-electron chi connectivity index (χ3n) is 2.57. The van der Waals surface area contributed by atoms with E-state index in [0.29, 0.717) is 0 Å². The standard InChI is InChI=1S/C10H18N2O5/c1-10(5-11-6-10)17-4-8(14)12-3-2-7(13)9(15)16/h7,11,13H,2-6H2,1H3,(H,12,14)(H,15,16)/t7-/m0/s1. The summed E-state index contributed by atoms with van der Waals surface area (Å²) in [5, 5.41) is 22.9. The molecule has 7 heteroatoms. The van der Waals surface area contributed by atoms with Gasteiger partial charge >= 0.3 is 5.97 Å². The molecule has 0 aromatic heterocycles. The molecular weight excluding hydrogens is 228 g/mol. The van der Waals surface area contributed by atoms with Gasteiger partial charge in [-0.3, -0.25) is 4.79 Å². The van der Waals surface area contributed by atoms with Crippen LogP contribution in [0.1, 0.15) is 13.3 Å². The van der Waals surface area contributed by atoms with Crippen molar-refractivity contribution in [1.82, 2.24) is 10.6 Å². The van der Waals surface area contributed by atoms with Crippen molar-refractivity contribution < 1.29 is 24.5 Å². The number of nitrogens with one attached hydrogen (secondary N) is 2. The Hall–Kier alpha value is -1.18. The van der Waals surface area contributed by atoms with E-state index in [4.69, 9.17) is 14.9 Å². The second-order valence-electron chi connectivity index (χ2n) is 4.33. The number of aliphatic hydroxyl groups excluding tert-OH is 1. The van der Waals surface area contributed by atoms with Gasteiger partial charge in [-0.05, 0) is 6.92 Å². The summed E-state index contributed by atoms with van der Waals surface area (Å²) < 4.78 is 5.38. The molecule has 1 amide bonds. The number of aliphatic carboxylic acids is 1. The Labute approximate surface area is 99.1 Å². The molecule has 0 aliphatic carbocycles. The van der Waals surface area contributed by atoms with Gasteiger partial charge in [0.15, 0.2) is 6.10 Å². The van der Waals surface area contributed by atoms with Gasteiger partial charge in [-0.25, -0.2) is 4.79 Å². The lowest BCUT2D eigenvalue weighted by Crippen LogP contribution is -2.59. The molecule has 0 radical (unpaired) electrons. The number of carboxylic acid groups (broad SMARTS) is 1. The predicted octanol–water partition coefficient (Wildman–Crippen LogP) is -1.68. The molecule has 0 aromatic carbocycles. The zero-order chi connectivity index (χ0) is 12.9. The largest absolute Gasteiger partial charge is 0.479 e. The molecule has 1 aliphatic heterocycles. The van der Waals surface area contributed by atoms with Gasteiger partial charge < -0.3 is 25.6 Å². The maximum atomic E-state index is 11.3. The number of rotatable bonds is 7. The smallest absolute Gasteiger partial charge is 0.332 e. The molecule has 0 bridgehead atoms. The Kier molecular flexibility index (Phi) is 4.86. The van der Waals surface area contributed by atoms with Crippen molar-refractivity contribution >= 4 is 11.9 Å². The first kappa shape index (κ1) is 13.9. The number of hydrogen-bond acceptors (Lipinski definition) is 5. The van der Waals surface area contributed by atoms with Gasteiger partial charge in [0.25, 0.3) is 0 Å². The first-order chi connectivity index (χ1) is 7.93. The second-order valence-corrected chi connectivity index (χ2v) is 4.33. The number of carboxylic acids is 1. The van der Waals surface area contributed by atoms with Crippen molar-refractivity contribution in [2.24, 2.45) is 0 Å². The molecule has 17 heavy (non-hydrogen) atoms. The van der Waals surface area contributed by atoms with Crippen LogP contribution in [0, 0.1) is 0 Å². The highest BCUT2D eigenvalue weighted by Crippen LogP contribution is 2.14. The highest BCUT2D eigenvalue weighted by atomic mass is 16.5. The fourth-order valence-corrected chi connectivity index (χ4v) is 1.34. The van der Waals surface area contributed by atoms with Crippen LogP contribution in [0.15, 0.2) is 0 Å². The maximum Gasteiger partial charge on any atom is 0.332 e. The minimum Gasteiger partial charge on any atom is -0.479 e. The molecule has 1 fully saturated rings. The maximum absolute atomic E-state index is 11.3. The van der Waals surface area contributed by atoms with Crippen LogP contribution in [0.2, 0.25) is 0 Å². The normalized spacial score (nSPS) is 19.2. The molecular formula is C10H18N2O5. The first-order valence-electron chi connectivity index (χ1n) is 5.45. The van der Waals surface area contributed by atoms with E-state index in [-0.39, 0.29) is 31.1 Å². The van der Waals surface area contributed by atoms with Crippen molar-refractivity contribution in [3.05, 3.63) is 0 Å². The highest BCUT2D eigenvalue weighted by molar-refractivity contribution is 5.77. The van der Waals surface area contributed by atoms with Crippen LogP contribution < -0.4 is 10.6 Å². The number of hydrogen-bond donors (Lipinski definition) is 4. The van der Waals surface area contributed by atoms with Crippen molar-refractivity contribution in [2.75, 3.05) is 26.2 Å². The van der Waals surface area contributed by atoms with Gasteiger partial charge in [0.1, 0.15) is 6.61 Å². The summed E-state index contributed by atoms with van der Waals surface area (Å²) in [6, 6.07) is 0. The molecule has 1 saturated heterocycles. The van der Waals surface area contributed by atoms with Crippen molar-refractivity contribution in [1.29, 1.82) is 0 Å². The number of carbonyl (C=O) groups excluding carboxylic acids is 1. The highest BCUT2D eigenvalue weighted by Gasteiger charge is 2.32. The van der Waals surface area contributed by atoms with Crippen molar-refractivity contribution in [3.63, 3.8) is 0 Å². The van der Waals surface area contributed by atoms with Crippen molar-refractivity contribution in [2.45, 2.75) is 25.0 Å². The van der Waals surface area contributed by atoms with Crippen molar-refractivity contribution in [3.8, 4) is 0 Å². The molecule has 0 spiro atoms. The Morgan fingerprint density at radius 2 is 2.18 bits per heavy atom. The summed E-state index contributed by atoms with van der Waals surface area (Å²) in [6.45, 7) is 3.41. The number of carbonyl (C=O) groups is 2. The van der Waals surface area contributed by atoms with E-state index >= 15 is 0 Å². The fraction of sp³-hybridized carbons (Fsp3) is 0.800. The third-order valence-corrected chi connectivity index (χ3v) is 2.57. The van der Waals surface area contributed by atoms with Gasteiger partial charge in [0.2, 0.25) is 5.91 Å². The van der Waals surface area contributed by atoms with Crippen LogP contribution in [0.25, 0.3) is 0 Å². The number of amides is 1. The number of ether oxygens (including phenoxy) is 1. The quantitative estimate of drug-likeness (QED) is 0.427. The fourth-order valence-electron chi connectivity index (χ4n) is 1.34. The zero-order valence-electron chi connectivity index (χ0n) is 9.73. The summed E-state index contributed by atoms with van der Waals surface area (Å²) in [7, 11) is 0. The molecule has 0 unspecified atom stereocenters. The van der Waals surface area contributed by atoms with E-state index < -0.39 is 12.1 Å². The summed E-state index contributed by atoms with van der Waals surface area (Å²) in [5.74, 6) is -1.60. The second kappa shape index (κ2) is 5.95. The van der Waals surface area contributed by atoms with E-state index in [2.05, 4.69) is 10.6 Å². The predicted molar refractivity (Wildman–Crippen MR) is 58.5 cm³/mol. The monoisotopic (exact) mass is 246 g/mol. The van der Waals surface area contributed by atoms with E-state index in [1.54, 1.807) is 0 Å².